The Morgan fingerprint density at radius 1 is 1.25 bits per heavy atom. The van der Waals surface area contributed by atoms with Crippen LogP contribution in [0.15, 0.2) is 35.2 Å². The lowest BCUT2D eigenvalue weighted by molar-refractivity contribution is 0.557. The molecule has 20 heavy (non-hydrogen) atoms. The van der Waals surface area contributed by atoms with E-state index in [1.165, 1.54) is 20.5 Å². The summed E-state index contributed by atoms with van der Waals surface area (Å²) in [5.41, 5.74) is 4.53. The number of thiazole rings is 1. The van der Waals surface area contributed by atoms with Gasteiger partial charge in [-0.1, -0.05) is 25.1 Å². The van der Waals surface area contributed by atoms with Crippen LogP contribution in [-0.2, 0) is 6.42 Å². The first-order valence-electron chi connectivity index (χ1n) is 6.88. The van der Waals surface area contributed by atoms with E-state index in [2.05, 4.69) is 53.8 Å². The standard InChI is InChI=1S/C16H18N2S2/c1-3-17-14(16-11(2)18-10-20-16)8-12-9-19-15-7-5-4-6-13(12)15/h4-7,9-10,14,17H,3,8H2,1-2H3. The Morgan fingerprint density at radius 2 is 2.10 bits per heavy atom. The monoisotopic (exact) mass is 302 g/mol. The van der Waals surface area contributed by atoms with Gasteiger partial charge < -0.3 is 5.32 Å². The molecule has 1 aromatic carbocycles. The molecule has 0 aliphatic rings. The molecule has 0 radical (unpaired) electrons. The lowest BCUT2D eigenvalue weighted by atomic mass is 10.0. The van der Waals surface area contributed by atoms with Crippen molar-refractivity contribution in [3.05, 3.63) is 51.3 Å². The molecular formula is C16H18N2S2. The number of nitrogens with one attached hydrogen (secondary N) is 1. The summed E-state index contributed by atoms with van der Waals surface area (Å²) in [5.74, 6) is 0. The third kappa shape index (κ3) is 2.64. The highest BCUT2D eigenvalue weighted by Gasteiger charge is 2.17. The topological polar surface area (TPSA) is 24.9 Å². The van der Waals surface area contributed by atoms with Gasteiger partial charge in [-0.3, -0.25) is 0 Å². The van der Waals surface area contributed by atoms with Crippen LogP contribution in [-0.4, -0.2) is 11.5 Å². The van der Waals surface area contributed by atoms with Gasteiger partial charge in [0.2, 0.25) is 0 Å². The maximum Gasteiger partial charge on any atom is 0.0798 e. The van der Waals surface area contributed by atoms with Gasteiger partial charge in [-0.05, 0) is 42.3 Å². The van der Waals surface area contributed by atoms with Crippen LogP contribution < -0.4 is 5.32 Å². The number of fused-ring (bicyclic) bond motifs is 1. The van der Waals surface area contributed by atoms with E-state index in [0.29, 0.717) is 6.04 Å². The van der Waals surface area contributed by atoms with Gasteiger partial charge in [-0.25, -0.2) is 4.98 Å². The number of thiophene rings is 1. The molecule has 0 aliphatic carbocycles. The fraction of sp³-hybridized carbons (Fsp3) is 0.312. The van der Waals surface area contributed by atoms with Gasteiger partial charge in [0.15, 0.2) is 0 Å². The van der Waals surface area contributed by atoms with Crippen LogP contribution in [0.5, 0.6) is 0 Å². The van der Waals surface area contributed by atoms with Crippen molar-refractivity contribution in [1.29, 1.82) is 0 Å². The fourth-order valence-electron chi connectivity index (χ4n) is 2.56. The molecular weight excluding hydrogens is 284 g/mol. The highest BCUT2D eigenvalue weighted by molar-refractivity contribution is 7.17. The third-order valence-electron chi connectivity index (χ3n) is 3.53. The Balaban J connectivity index is 1.92. The Bertz CT molecular complexity index is 699. The number of benzene rings is 1. The second kappa shape index (κ2) is 6.04. The number of nitrogens with zero attached hydrogens (tertiary/aromatic N) is 1. The van der Waals surface area contributed by atoms with Gasteiger partial charge >= 0.3 is 0 Å². The molecule has 2 heterocycles. The second-order valence-electron chi connectivity index (χ2n) is 4.87. The lowest BCUT2D eigenvalue weighted by Gasteiger charge is -2.16. The molecule has 1 N–H and O–H groups in total. The van der Waals surface area contributed by atoms with Crippen LogP contribution in [0.3, 0.4) is 0 Å². The minimum Gasteiger partial charge on any atom is -0.309 e. The molecule has 2 nitrogen and oxygen atoms in total. The summed E-state index contributed by atoms with van der Waals surface area (Å²) in [6.45, 7) is 5.24. The summed E-state index contributed by atoms with van der Waals surface area (Å²) in [7, 11) is 0. The molecule has 3 aromatic rings. The maximum absolute atomic E-state index is 4.39. The first kappa shape index (κ1) is 13.7. The molecule has 4 heteroatoms. The van der Waals surface area contributed by atoms with Gasteiger partial charge in [0.1, 0.15) is 0 Å². The van der Waals surface area contributed by atoms with Crippen molar-refractivity contribution in [2.45, 2.75) is 26.3 Å². The zero-order valence-corrected chi connectivity index (χ0v) is 13.4. The van der Waals surface area contributed by atoms with Crippen molar-refractivity contribution < 1.29 is 0 Å². The SMILES string of the molecule is CCNC(Cc1csc2ccccc12)c1scnc1C. The van der Waals surface area contributed by atoms with Crippen molar-refractivity contribution >= 4 is 32.8 Å². The predicted octanol–water partition coefficient (Wildman–Crippen LogP) is 4.56. The highest BCUT2D eigenvalue weighted by atomic mass is 32.1. The summed E-state index contributed by atoms with van der Waals surface area (Å²) < 4.78 is 1.37. The zero-order chi connectivity index (χ0) is 13.9. The molecule has 0 aliphatic heterocycles. The number of hydrogen-bond donors (Lipinski definition) is 1. The van der Waals surface area contributed by atoms with Crippen molar-refractivity contribution in [3.8, 4) is 0 Å². The molecule has 104 valence electrons. The lowest BCUT2D eigenvalue weighted by Crippen LogP contribution is -2.22. The van der Waals surface area contributed by atoms with Crippen LogP contribution >= 0.6 is 22.7 Å². The molecule has 0 saturated carbocycles. The van der Waals surface area contributed by atoms with Crippen molar-refractivity contribution in [2.75, 3.05) is 6.54 Å². The van der Waals surface area contributed by atoms with Crippen LogP contribution in [0.1, 0.15) is 29.1 Å². The second-order valence-corrected chi connectivity index (χ2v) is 6.67. The van der Waals surface area contributed by atoms with Crippen molar-refractivity contribution in [1.82, 2.24) is 10.3 Å². The number of likely N-dealkylation sites (N-methyl/N-ethyl adjacent to an activating group) is 1. The number of hydrogen-bond acceptors (Lipinski definition) is 4. The summed E-state index contributed by atoms with van der Waals surface area (Å²) in [6.07, 6.45) is 1.03. The first-order chi connectivity index (χ1) is 9.79. The molecule has 0 fully saturated rings. The van der Waals surface area contributed by atoms with Gasteiger partial charge in [0.25, 0.3) is 0 Å². The molecule has 0 spiro atoms. The molecule has 0 bridgehead atoms. The summed E-state index contributed by atoms with van der Waals surface area (Å²) in [5, 5.41) is 7.29. The van der Waals surface area contributed by atoms with E-state index in [1.54, 1.807) is 11.3 Å². The average molecular weight is 302 g/mol. The van der Waals surface area contributed by atoms with Gasteiger partial charge in [-0.2, -0.15) is 0 Å². The molecule has 1 unspecified atom stereocenters. The van der Waals surface area contributed by atoms with E-state index in [0.717, 1.165) is 18.7 Å². The van der Waals surface area contributed by atoms with Gasteiger partial charge in [0.05, 0.1) is 11.2 Å². The largest absolute Gasteiger partial charge is 0.309 e. The van der Waals surface area contributed by atoms with Crippen LogP contribution in [0, 0.1) is 6.92 Å². The Kier molecular flexibility index (Phi) is 4.15. The molecule has 1 atom stereocenters. The van der Waals surface area contributed by atoms with Gasteiger partial charge in [-0.15, -0.1) is 22.7 Å². The smallest absolute Gasteiger partial charge is 0.0798 e. The average Bonchev–Trinajstić information content (AvgIpc) is 3.05. The summed E-state index contributed by atoms with van der Waals surface area (Å²) in [6, 6.07) is 9.02. The Labute approximate surface area is 127 Å². The minimum atomic E-state index is 0.366. The number of aromatic nitrogens is 1. The zero-order valence-electron chi connectivity index (χ0n) is 11.7. The molecule has 3 rings (SSSR count). The Hall–Kier alpha value is -1.23. The minimum absolute atomic E-state index is 0.366. The van der Waals surface area contributed by atoms with Crippen molar-refractivity contribution in [2.24, 2.45) is 0 Å². The van der Waals surface area contributed by atoms with E-state index in [-0.39, 0.29) is 0 Å². The first-order valence-corrected chi connectivity index (χ1v) is 8.64. The van der Waals surface area contributed by atoms with E-state index >= 15 is 0 Å². The predicted molar refractivity (Wildman–Crippen MR) is 88.8 cm³/mol. The van der Waals surface area contributed by atoms with E-state index in [1.807, 2.05) is 16.8 Å². The van der Waals surface area contributed by atoms with E-state index in [4.69, 9.17) is 0 Å². The highest BCUT2D eigenvalue weighted by Crippen LogP contribution is 2.31. The van der Waals surface area contributed by atoms with E-state index in [9.17, 15) is 0 Å². The molecule has 0 saturated heterocycles. The van der Waals surface area contributed by atoms with Crippen molar-refractivity contribution in [3.63, 3.8) is 0 Å². The fourth-order valence-corrected chi connectivity index (χ4v) is 4.41. The van der Waals surface area contributed by atoms with Gasteiger partial charge in [0, 0.05) is 15.6 Å². The number of aryl methyl sites for hydroxylation is 1. The molecule has 0 amide bonds. The quantitative estimate of drug-likeness (QED) is 0.747. The molecule has 2 aromatic heterocycles. The Morgan fingerprint density at radius 3 is 2.85 bits per heavy atom. The normalized spacial score (nSPS) is 12.9. The van der Waals surface area contributed by atoms with Crippen LogP contribution in [0.25, 0.3) is 10.1 Å². The third-order valence-corrected chi connectivity index (χ3v) is 5.59. The summed E-state index contributed by atoms with van der Waals surface area (Å²) in [4.78, 5) is 5.76. The summed E-state index contributed by atoms with van der Waals surface area (Å²) >= 11 is 3.59. The van der Waals surface area contributed by atoms with Crippen LogP contribution in [0.2, 0.25) is 0 Å². The maximum atomic E-state index is 4.39. The van der Waals surface area contributed by atoms with Crippen LogP contribution in [0.4, 0.5) is 0 Å². The van der Waals surface area contributed by atoms with E-state index < -0.39 is 0 Å². The number of rotatable bonds is 5.